The van der Waals surface area contributed by atoms with Crippen LogP contribution in [0.4, 0.5) is 0 Å². The number of carboxylic acid groups (broad SMARTS) is 1. The Morgan fingerprint density at radius 2 is 2.00 bits per heavy atom. The Hall–Kier alpha value is -2.28. The summed E-state index contributed by atoms with van der Waals surface area (Å²) < 4.78 is 3.81. The first-order valence-electron chi connectivity index (χ1n) is 6.53. The van der Waals surface area contributed by atoms with Gasteiger partial charge in [0.05, 0.1) is 11.3 Å². The molecule has 2 rings (SSSR count). The van der Waals surface area contributed by atoms with Crippen LogP contribution in [0.2, 0.25) is 0 Å². The highest BCUT2D eigenvalue weighted by Gasteiger charge is 2.15. The first-order chi connectivity index (χ1) is 10.1. The Balaban J connectivity index is 1.97. The van der Waals surface area contributed by atoms with Gasteiger partial charge in [0.1, 0.15) is 4.88 Å². The second-order valence-electron chi connectivity index (χ2n) is 4.48. The van der Waals surface area contributed by atoms with E-state index >= 15 is 0 Å². The van der Waals surface area contributed by atoms with Gasteiger partial charge in [-0.15, -0.1) is 5.10 Å². The molecule has 1 aromatic carbocycles. The standard InChI is InChI=1S/C14H15N3O3S/c1-2-3-11-12(21-17-16-11)13(18)15-8-9-4-6-10(7-5-9)14(19)20/h4-7H,2-3,8H2,1H3,(H,15,18)(H,19,20). The first kappa shape index (κ1) is 15.1. The van der Waals surface area contributed by atoms with Crippen LogP contribution in [0, 0.1) is 0 Å². The number of carboxylic acids is 1. The molecule has 0 radical (unpaired) electrons. The lowest BCUT2D eigenvalue weighted by molar-refractivity contribution is 0.0696. The number of hydrogen-bond acceptors (Lipinski definition) is 5. The van der Waals surface area contributed by atoms with Crippen molar-refractivity contribution in [2.24, 2.45) is 0 Å². The highest BCUT2D eigenvalue weighted by molar-refractivity contribution is 7.08. The summed E-state index contributed by atoms with van der Waals surface area (Å²) in [5, 5.41) is 15.6. The summed E-state index contributed by atoms with van der Waals surface area (Å²) in [6.45, 7) is 2.35. The maximum absolute atomic E-state index is 12.1. The van der Waals surface area contributed by atoms with Crippen molar-refractivity contribution in [3.8, 4) is 0 Å². The normalized spacial score (nSPS) is 10.3. The maximum atomic E-state index is 12.1. The van der Waals surface area contributed by atoms with Crippen molar-refractivity contribution in [1.29, 1.82) is 0 Å². The van der Waals surface area contributed by atoms with Crippen LogP contribution < -0.4 is 5.32 Å². The number of benzene rings is 1. The molecule has 0 aliphatic rings. The van der Waals surface area contributed by atoms with Crippen LogP contribution >= 0.6 is 11.5 Å². The van der Waals surface area contributed by atoms with E-state index in [0.717, 1.165) is 35.6 Å². The van der Waals surface area contributed by atoms with Crippen molar-refractivity contribution in [2.75, 3.05) is 0 Å². The lowest BCUT2D eigenvalue weighted by Gasteiger charge is -2.05. The molecule has 1 amide bonds. The quantitative estimate of drug-likeness (QED) is 0.853. The first-order valence-corrected chi connectivity index (χ1v) is 7.30. The fourth-order valence-corrected chi connectivity index (χ4v) is 2.43. The molecule has 0 spiro atoms. The fraction of sp³-hybridized carbons (Fsp3) is 0.286. The van der Waals surface area contributed by atoms with Gasteiger partial charge in [-0.2, -0.15) is 0 Å². The predicted octanol–water partition coefficient (Wildman–Crippen LogP) is 2.12. The molecule has 6 nitrogen and oxygen atoms in total. The number of aromatic carboxylic acids is 1. The molecule has 2 aromatic rings. The largest absolute Gasteiger partial charge is 0.478 e. The van der Waals surface area contributed by atoms with E-state index in [4.69, 9.17) is 5.11 Å². The van der Waals surface area contributed by atoms with E-state index in [1.165, 1.54) is 12.1 Å². The molecule has 7 heteroatoms. The molecule has 1 aromatic heterocycles. The molecular formula is C14H15N3O3S. The number of nitrogens with zero attached hydrogens (tertiary/aromatic N) is 2. The fourth-order valence-electron chi connectivity index (χ4n) is 1.81. The minimum absolute atomic E-state index is 0.198. The average molecular weight is 305 g/mol. The van der Waals surface area contributed by atoms with Crippen molar-refractivity contribution in [2.45, 2.75) is 26.3 Å². The van der Waals surface area contributed by atoms with E-state index < -0.39 is 5.97 Å². The number of aromatic nitrogens is 2. The zero-order valence-electron chi connectivity index (χ0n) is 11.5. The second kappa shape index (κ2) is 6.94. The Kier molecular flexibility index (Phi) is 4.99. The number of amides is 1. The third-order valence-corrected chi connectivity index (χ3v) is 3.67. The van der Waals surface area contributed by atoms with E-state index in [-0.39, 0.29) is 11.5 Å². The van der Waals surface area contributed by atoms with Gasteiger partial charge in [0.2, 0.25) is 0 Å². The highest BCUT2D eigenvalue weighted by atomic mass is 32.1. The summed E-state index contributed by atoms with van der Waals surface area (Å²) in [6.07, 6.45) is 1.63. The van der Waals surface area contributed by atoms with Crippen LogP contribution in [0.15, 0.2) is 24.3 Å². The van der Waals surface area contributed by atoms with Gasteiger partial charge in [0.15, 0.2) is 0 Å². The molecule has 0 aliphatic carbocycles. The Labute approximate surface area is 126 Å². The van der Waals surface area contributed by atoms with Crippen LogP contribution in [-0.2, 0) is 13.0 Å². The monoisotopic (exact) mass is 305 g/mol. The summed E-state index contributed by atoms with van der Waals surface area (Å²) in [4.78, 5) is 23.4. The van der Waals surface area contributed by atoms with Gasteiger partial charge < -0.3 is 10.4 Å². The molecule has 21 heavy (non-hydrogen) atoms. The van der Waals surface area contributed by atoms with Crippen LogP contribution in [0.25, 0.3) is 0 Å². The van der Waals surface area contributed by atoms with E-state index in [2.05, 4.69) is 14.9 Å². The maximum Gasteiger partial charge on any atom is 0.335 e. The zero-order valence-corrected chi connectivity index (χ0v) is 12.3. The van der Waals surface area contributed by atoms with Gasteiger partial charge in [0.25, 0.3) is 5.91 Å². The molecule has 0 saturated heterocycles. The van der Waals surface area contributed by atoms with Crippen molar-refractivity contribution < 1.29 is 14.7 Å². The van der Waals surface area contributed by atoms with Gasteiger partial charge in [-0.25, -0.2) is 4.79 Å². The molecule has 110 valence electrons. The molecule has 0 fully saturated rings. The molecular weight excluding hydrogens is 290 g/mol. The van der Waals surface area contributed by atoms with E-state index in [9.17, 15) is 9.59 Å². The Morgan fingerprint density at radius 3 is 2.62 bits per heavy atom. The summed E-state index contributed by atoms with van der Waals surface area (Å²) in [6, 6.07) is 6.39. The minimum Gasteiger partial charge on any atom is -0.478 e. The van der Waals surface area contributed by atoms with E-state index in [1.807, 2.05) is 6.92 Å². The molecule has 0 unspecified atom stereocenters. The SMILES string of the molecule is CCCc1nnsc1C(=O)NCc1ccc(C(=O)O)cc1. The number of carbonyl (C=O) groups excluding carboxylic acids is 1. The van der Waals surface area contributed by atoms with Gasteiger partial charge in [0, 0.05) is 6.54 Å². The van der Waals surface area contributed by atoms with E-state index in [1.54, 1.807) is 12.1 Å². The van der Waals surface area contributed by atoms with Gasteiger partial charge >= 0.3 is 5.97 Å². The predicted molar refractivity (Wildman–Crippen MR) is 78.5 cm³/mol. The molecule has 0 atom stereocenters. The summed E-state index contributed by atoms with van der Waals surface area (Å²) >= 11 is 1.09. The summed E-state index contributed by atoms with van der Waals surface area (Å²) in [5.74, 6) is -1.17. The molecule has 2 N–H and O–H groups in total. The lowest BCUT2D eigenvalue weighted by Crippen LogP contribution is -2.23. The van der Waals surface area contributed by atoms with Crippen molar-refractivity contribution in [3.63, 3.8) is 0 Å². The van der Waals surface area contributed by atoms with Crippen LogP contribution in [0.3, 0.4) is 0 Å². The van der Waals surface area contributed by atoms with Crippen LogP contribution in [0.5, 0.6) is 0 Å². The minimum atomic E-state index is -0.967. The van der Waals surface area contributed by atoms with Crippen molar-refractivity contribution >= 4 is 23.4 Å². The molecule has 0 saturated carbocycles. The van der Waals surface area contributed by atoms with Gasteiger partial charge in [-0.1, -0.05) is 30.0 Å². The molecule has 0 aliphatic heterocycles. The van der Waals surface area contributed by atoms with Crippen molar-refractivity contribution in [3.05, 3.63) is 46.0 Å². The number of rotatable bonds is 6. The Morgan fingerprint density at radius 1 is 1.29 bits per heavy atom. The third-order valence-electron chi connectivity index (χ3n) is 2.90. The topological polar surface area (TPSA) is 92.2 Å². The van der Waals surface area contributed by atoms with Gasteiger partial charge in [-0.3, -0.25) is 4.79 Å². The van der Waals surface area contributed by atoms with Crippen molar-refractivity contribution in [1.82, 2.24) is 14.9 Å². The number of aryl methyl sites for hydroxylation is 1. The lowest BCUT2D eigenvalue weighted by atomic mass is 10.1. The number of carbonyl (C=O) groups is 2. The average Bonchev–Trinajstić information content (AvgIpc) is 2.94. The van der Waals surface area contributed by atoms with Crippen LogP contribution in [0.1, 0.15) is 44.6 Å². The summed E-state index contributed by atoms with van der Waals surface area (Å²) in [5.41, 5.74) is 1.78. The highest BCUT2D eigenvalue weighted by Crippen LogP contribution is 2.13. The van der Waals surface area contributed by atoms with Crippen LogP contribution in [-0.4, -0.2) is 26.6 Å². The summed E-state index contributed by atoms with van der Waals surface area (Å²) in [7, 11) is 0. The molecule has 1 heterocycles. The smallest absolute Gasteiger partial charge is 0.335 e. The Bertz CT molecular complexity index is 637. The van der Waals surface area contributed by atoms with Gasteiger partial charge in [-0.05, 0) is 35.6 Å². The number of nitrogens with one attached hydrogen (secondary N) is 1. The number of hydrogen-bond donors (Lipinski definition) is 2. The zero-order chi connectivity index (χ0) is 15.2. The molecule has 0 bridgehead atoms. The third kappa shape index (κ3) is 3.85. The second-order valence-corrected chi connectivity index (χ2v) is 5.24. The van der Waals surface area contributed by atoms with E-state index in [0.29, 0.717) is 11.4 Å².